The van der Waals surface area contributed by atoms with Crippen LogP contribution in [0.4, 0.5) is 18.9 Å². The van der Waals surface area contributed by atoms with Crippen LogP contribution in [0, 0.1) is 0 Å². The Labute approximate surface area is 119 Å². The number of amides is 1. The average molecular weight is 327 g/mol. The smallest absolute Gasteiger partial charge is 0.471 e. The maximum Gasteiger partial charge on any atom is 0.471 e. The summed E-state index contributed by atoms with van der Waals surface area (Å²) in [6, 6.07) is 3.34. The van der Waals surface area contributed by atoms with E-state index >= 15 is 0 Å². The second kappa shape index (κ2) is 5.80. The summed E-state index contributed by atoms with van der Waals surface area (Å²) in [6.07, 6.45) is -4.30. The van der Waals surface area contributed by atoms with Crippen molar-refractivity contribution in [3.05, 3.63) is 18.2 Å². The van der Waals surface area contributed by atoms with Gasteiger partial charge in [-0.05, 0) is 12.1 Å². The molecule has 0 saturated heterocycles. The van der Waals surface area contributed by atoms with Gasteiger partial charge in [0.15, 0.2) is 0 Å². The fourth-order valence-electron chi connectivity index (χ4n) is 1.46. The molecule has 0 aliphatic rings. The SMILES string of the molecule is COc1ccc(OS(C)(=O)=O)cc1N(C)C(=O)C(F)(F)F. The van der Waals surface area contributed by atoms with Gasteiger partial charge in [0.1, 0.15) is 11.5 Å². The molecule has 1 rings (SSSR count). The zero-order valence-corrected chi connectivity index (χ0v) is 12.1. The average Bonchev–Trinajstić information content (AvgIpc) is 2.34. The van der Waals surface area contributed by atoms with Crippen molar-refractivity contribution in [2.45, 2.75) is 6.18 Å². The summed E-state index contributed by atoms with van der Waals surface area (Å²) < 4.78 is 68.7. The lowest BCUT2D eigenvalue weighted by atomic mass is 10.2. The first-order chi connectivity index (χ1) is 9.45. The van der Waals surface area contributed by atoms with Gasteiger partial charge in [0.05, 0.1) is 19.1 Å². The van der Waals surface area contributed by atoms with Gasteiger partial charge in [0, 0.05) is 13.1 Å². The number of methoxy groups -OCH3 is 1. The number of ether oxygens (including phenoxy) is 1. The normalized spacial score (nSPS) is 11.9. The highest BCUT2D eigenvalue weighted by molar-refractivity contribution is 7.86. The highest BCUT2D eigenvalue weighted by Crippen LogP contribution is 2.34. The molecule has 0 aromatic heterocycles. The summed E-state index contributed by atoms with van der Waals surface area (Å²) in [5.74, 6) is -2.41. The first-order valence-corrected chi connectivity index (χ1v) is 7.19. The van der Waals surface area contributed by atoms with Gasteiger partial charge in [-0.25, -0.2) is 0 Å². The number of nitrogens with zero attached hydrogens (tertiary/aromatic N) is 1. The molecule has 1 amide bonds. The molecular formula is C11H12F3NO5S. The number of hydrogen-bond donors (Lipinski definition) is 0. The van der Waals surface area contributed by atoms with Crippen LogP contribution in [0.2, 0.25) is 0 Å². The zero-order valence-electron chi connectivity index (χ0n) is 11.3. The number of benzene rings is 1. The molecule has 10 heteroatoms. The Bertz CT molecular complexity index is 642. The topological polar surface area (TPSA) is 72.9 Å². The fraction of sp³-hybridized carbons (Fsp3) is 0.364. The molecule has 0 N–H and O–H groups in total. The molecule has 0 aliphatic heterocycles. The lowest BCUT2D eigenvalue weighted by molar-refractivity contribution is -0.170. The number of carbonyl (C=O) groups is 1. The largest absolute Gasteiger partial charge is 0.495 e. The molecule has 0 aliphatic carbocycles. The maximum atomic E-state index is 12.4. The minimum absolute atomic E-state index is 0.0454. The zero-order chi connectivity index (χ0) is 16.4. The highest BCUT2D eigenvalue weighted by Gasteiger charge is 2.42. The second-order valence-electron chi connectivity index (χ2n) is 3.98. The summed E-state index contributed by atoms with van der Waals surface area (Å²) in [7, 11) is -1.77. The molecule has 0 fully saturated rings. The van der Waals surface area contributed by atoms with Crippen molar-refractivity contribution in [2.75, 3.05) is 25.3 Å². The van der Waals surface area contributed by atoms with Gasteiger partial charge in [-0.3, -0.25) is 4.79 Å². The number of rotatable bonds is 4. The van der Waals surface area contributed by atoms with Gasteiger partial charge < -0.3 is 13.8 Å². The van der Waals surface area contributed by atoms with Crippen LogP contribution in [-0.4, -0.2) is 40.9 Å². The molecule has 21 heavy (non-hydrogen) atoms. The number of anilines is 1. The van der Waals surface area contributed by atoms with E-state index in [1.165, 1.54) is 19.2 Å². The first kappa shape index (κ1) is 17.1. The van der Waals surface area contributed by atoms with Crippen molar-refractivity contribution in [3.8, 4) is 11.5 Å². The van der Waals surface area contributed by atoms with Crippen LogP contribution in [0.3, 0.4) is 0 Å². The molecule has 0 atom stereocenters. The monoisotopic (exact) mass is 327 g/mol. The Morgan fingerprint density at radius 3 is 2.29 bits per heavy atom. The van der Waals surface area contributed by atoms with Gasteiger partial charge in [-0.1, -0.05) is 0 Å². The van der Waals surface area contributed by atoms with Crippen LogP contribution in [-0.2, 0) is 14.9 Å². The Kier molecular flexibility index (Phi) is 4.72. The lowest BCUT2D eigenvalue weighted by Crippen LogP contribution is -2.38. The number of halogens is 3. The summed E-state index contributed by atoms with van der Waals surface area (Å²) >= 11 is 0. The minimum Gasteiger partial charge on any atom is -0.495 e. The quantitative estimate of drug-likeness (QED) is 0.785. The molecule has 0 heterocycles. The number of hydrogen-bond acceptors (Lipinski definition) is 5. The molecule has 1 aromatic rings. The van der Waals surface area contributed by atoms with E-state index < -0.39 is 22.2 Å². The van der Waals surface area contributed by atoms with E-state index in [4.69, 9.17) is 4.74 Å². The Hall–Kier alpha value is -1.97. The standard InChI is InChI=1S/C11H12F3NO5S/c1-15(10(16)11(12,13)14)8-6-7(20-21(3,17)18)4-5-9(8)19-2/h4-6H,1-3H3. The van der Waals surface area contributed by atoms with Gasteiger partial charge in [0.25, 0.3) is 0 Å². The van der Waals surface area contributed by atoms with Crippen LogP contribution in [0.1, 0.15) is 0 Å². The Balaban J connectivity index is 3.26. The van der Waals surface area contributed by atoms with Crippen molar-refractivity contribution in [1.82, 2.24) is 0 Å². The summed E-state index contributed by atoms with van der Waals surface area (Å²) in [6.45, 7) is 0. The predicted molar refractivity (Wildman–Crippen MR) is 67.9 cm³/mol. The summed E-state index contributed by atoms with van der Waals surface area (Å²) in [5, 5.41) is 0. The molecule has 0 bridgehead atoms. The first-order valence-electron chi connectivity index (χ1n) is 5.38. The maximum absolute atomic E-state index is 12.4. The van der Waals surface area contributed by atoms with Gasteiger partial charge in [-0.15, -0.1) is 0 Å². The van der Waals surface area contributed by atoms with Gasteiger partial charge >= 0.3 is 22.2 Å². The Morgan fingerprint density at radius 2 is 1.86 bits per heavy atom. The predicted octanol–water partition coefficient (Wildman–Crippen LogP) is 1.56. The Morgan fingerprint density at radius 1 is 1.29 bits per heavy atom. The second-order valence-corrected chi connectivity index (χ2v) is 5.56. The molecular weight excluding hydrogens is 315 g/mol. The fourth-order valence-corrected chi connectivity index (χ4v) is 1.91. The molecule has 1 aromatic carbocycles. The van der Waals surface area contributed by atoms with E-state index in [2.05, 4.69) is 4.18 Å². The molecule has 0 radical (unpaired) electrons. The van der Waals surface area contributed by atoms with Crippen LogP contribution in [0.15, 0.2) is 18.2 Å². The molecule has 0 unspecified atom stereocenters. The van der Waals surface area contributed by atoms with Crippen LogP contribution >= 0.6 is 0 Å². The van der Waals surface area contributed by atoms with E-state index in [9.17, 15) is 26.4 Å². The van der Waals surface area contributed by atoms with Crippen molar-refractivity contribution < 1.29 is 35.3 Å². The third-order valence-corrected chi connectivity index (χ3v) is 2.80. The minimum atomic E-state index is -5.08. The van der Waals surface area contributed by atoms with E-state index in [1.807, 2.05) is 0 Å². The third kappa shape index (κ3) is 4.52. The third-order valence-electron chi connectivity index (χ3n) is 2.31. The van der Waals surface area contributed by atoms with Crippen LogP contribution < -0.4 is 13.8 Å². The number of carbonyl (C=O) groups excluding carboxylic acids is 1. The molecule has 118 valence electrons. The lowest BCUT2D eigenvalue weighted by Gasteiger charge is -2.21. The van der Waals surface area contributed by atoms with Crippen LogP contribution in [0.25, 0.3) is 0 Å². The van der Waals surface area contributed by atoms with E-state index in [-0.39, 0.29) is 17.2 Å². The van der Waals surface area contributed by atoms with Gasteiger partial charge in [0.2, 0.25) is 0 Å². The van der Waals surface area contributed by atoms with Crippen molar-refractivity contribution in [2.24, 2.45) is 0 Å². The van der Waals surface area contributed by atoms with E-state index in [0.717, 1.165) is 19.4 Å². The summed E-state index contributed by atoms with van der Waals surface area (Å²) in [4.78, 5) is 11.5. The molecule has 6 nitrogen and oxygen atoms in total. The van der Waals surface area contributed by atoms with Crippen molar-refractivity contribution in [3.63, 3.8) is 0 Å². The highest BCUT2D eigenvalue weighted by atomic mass is 32.2. The van der Waals surface area contributed by atoms with Crippen LogP contribution in [0.5, 0.6) is 11.5 Å². The van der Waals surface area contributed by atoms with E-state index in [0.29, 0.717) is 4.90 Å². The summed E-state index contributed by atoms with van der Waals surface area (Å²) in [5.41, 5.74) is -0.277. The van der Waals surface area contributed by atoms with E-state index in [1.54, 1.807) is 0 Å². The van der Waals surface area contributed by atoms with Crippen molar-refractivity contribution in [1.29, 1.82) is 0 Å². The molecule has 0 spiro atoms. The molecule has 0 saturated carbocycles. The number of alkyl halides is 3. The van der Waals surface area contributed by atoms with Gasteiger partial charge in [-0.2, -0.15) is 21.6 Å². The van der Waals surface area contributed by atoms with Crippen molar-refractivity contribution >= 4 is 21.7 Å².